The quantitative estimate of drug-likeness (QED) is 0.878. The van der Waals surface area contributed by atoms with Crippen LogP contribution in [0.4, 0.5) is 10.1 Å². The first kappa shape index (κ1) is 17.0. The van der Waals surface area contributed by atoms with E-state index >= 15 is 0 Å². The first-order chi connectivity index (χ1) is 12.2. The molecule has 0 aromatic carbocycles. The summed E-state index contributed by atoms with van der Waals surface area (Å²) in [6, 6.07) is 1.48. The number of anilines is 1. The zero-order chi connectivity index (χ0) is 18.8. The van der Waals surface area contributed by atoms with Crippen LogP contribution in [-0.2, 0) is 0 Å². The first-order valence-corrected chi connectivity index (χ1v) is 8.85. The molecule has 26 heavy (non-hydrogen) atoms. The molecule has 138 valence electrons. The van der Waals surface area contributed by atoms with Gasteiger partial charge >= 0.3 is 5.97 Å². The van der Waals surface area contributed by atoms with E-state index in [-0.39, 0.29) is 17.0 Å². The predicted octanol–water partition coefficient (Wildman–Crippen LogP) is 2.25. The highest BCUT2D eigenvalue weighted by Crippen LogP contribution is 2.44. The summed E-state index contributed by atoms with van der Waals surface area (Å²) >= 11 is 0. The van der Waals surface area contributed by atoms with Gasteiger partial charge in [0.25, 0.3) is 5.56 Å². The van der Waals surface area contributed by atoms with Crippen molar-refractivity contribution in [2.24, 2.45) is 5.73 Å². The Morgan fingerprint density at radius 2 is 2.12 bits per heavy atom. The van der Waals surface area contributed by atoms with Crippen molar-refractivity contribution in [3.05, 3.63) is 45.1 Å². The van der Waals surface area contributed by atoms with Crippen LogP contribution in [0, 0.1) is 12.7 Å². The minimum Gasteiger partial charge on any atom is -0.477 e. The lowest BCUT2D eigenvalue weighted by Crippen LogP contribution is -2.39. The molecule has 7 heteroatoms. The van der Waals surface area contributed by atoms with Gasteiger partial charge in [-0.25, -0.2) is 9.18 Å². The van der Waals surface area contributed by atoms with Crippen molar-refractivity contribution in [2.45, 2.75) is 44.6 Å². The standard InChI is InChI=1S/C19H22FN3O3/c1-10-15-12(11-3-4-11)7-13(18(25)26)17(24)23(15)8-14(20)16(10)22-6-5-19(2,21)9-22/h7-8,11H,3-6,9,21H2,1-2H3,(H,25,26). The van der Waals surface area contributed by atoms with Crippen molar-refractivity contribution in [3.63, 3.8) is 0 Å². The SMILES string of the molecule is Cc1c(N2CCC(C)(N)C2)c(F)cn2c(=O)c(C(=O)O)cc(C3CC3)c12. The molecule has 2 aliphatic rings. The van der Waals surface area contributed by atoms with E-state index in [2.05, 4.69) is 0 Å². The summed E-state index contributed by atoms with van der Waals surface area (Å²) in [5.74, 6) is -1.59. The molecule has 0 amide bonds. The van der Waals surface area contributed by atoms with Gasteiger partial charge in [-0.1, -0.05) is 0 Å². The number of carboxylic acid groups (broad SMARTS) is 1. The number of aromatic carboxylic acids is 1. The van der Waals surface area contributed by atoms with Gasteiger partial charge in [-0.15, -0.1) is 0 Å². The van der Waals surface area contributed by atoms with Gasteiger partial charge in [-0.3, -0.25) is 9.20 Å². The molecule has 2 fully saturated rings. The van der Waals surface area contributed by atoms with Gasteiger partial charge in [0.2, 0.25) is 0 Å². The summed E-state index contributed by atoms with van der Waals surface area (Å²) in [4.78, 5) is 26.0. The summed E-state index contributed by atoms with van der Waals surface area (Å²) in [7, 11) is 0. The van der Waals surface area contributed by atoms with E-state index in [0.717, 1.165) is 31.0 Å². The third-order valence-electron chi connectivity index (χ3n) is 5.51. The van der Waals surface area contributed by atoms with Crippen LogP contribution in [0.2, 0.25) is 0 Å². The molecular weight excluding hydrogens is 337 g/mol. The molecule has 1 aliphatic carbocycles. The molecule has 1 saturated heterocycles. The summed E-state index contributed by atoms with van der Waals surface area (Å²) in [6.07, 6.45) is 3.79. The van der Waals surface area contributed by atoms with E-state index in [9.17, 15) is 19.1 Å². The fourth-order valence-electron chi connectivity index (χ4n) is 4.06. The van der Waals surface area contributed by atoms with Crippen molar-refractivity contribution in [2.75, 3.05) is 18.0 Å². The Balaban J connectivity index is 2.00. The molecule has 1 aliphatic heterocycles. The average molecular weight is 359 g/mol. The van der Waals surface area contributed by atoms with E-state index in [1.165, 1.54) is 10.5 Å². The number of carbonyl (C=O) groups is 1. The van der Waals surface area contributed by atoms with E-state index in [0.29, 0.717) is 29.9 Å². The lowest BCUT2D eigenvalue weighted by Gasteiger charge is -2.25. The molecule has 0 spiro atoms. The molecule has 2 aromatic heterocycles. The summed E-state index contributed by atoms with van der Waals surface area (Å²) in [5.41, 5.74) is 7.38. The number of nitrogens with zero attached hydrogens (tertiary/aromatic N) is 2. The Bertz CT molecular complexity index is 992. The number of hydrogen-bond acceptors (Lipinski definition) is 4. The van der Waals surface area contributed by atoms with E-state index in [1.807, 2.05) is 11.8 Å². The second-order valence-electron chi connectivity index (χ2n) is 7.89. The van der Waals surface area contributed by atoms with Gasteiger partial charge in [0.15, 0.2) is 5.82 Å². The Hall–Kier alpha value is -2.41. The Kier molecular flexibility index (Phi) is 3.63. The van der Waals surface area contributed by atoms with Crippen LogP contribution in [-0.4, -0.2) is 34.1 Å². The fourth-order valence-corrected chi connectivity index (χ4v) is 4.06. The van der Waals surface area contributed by atoms with Crippen LogP contribution < -0.4 is 16.2 Å². The first-order valence-electron chi connectivity index (χ1n) is 8.85. The maximum atomic E-state index is 15.0. The molecule has 3 N–H and O–H groups in total. The monoisotopic (exact) mass is 359 g/mol. The Morgan fingerprint density at radius 1 is 1.42 bits per heavy atom. The Morgan fingerprint density at radius 3 is 2.65 bits per heavy atom. The number of aryl methyl sites for hydroxylation is 1. The van der Waals surface area contributed by atoms with Crippen LogP contribution in [0.15, 0.2) is 17.1 Å². The number of rotatable bonds is 3. The van der Waals surface area contributed by atoms with Crippen LogP contribution in [0.5, 0.6) is 0 Å². The summed E-state index contributed by atoms with van der Waals surface area (Å²) in [6.45, 7) is 4.93. The zero-order valence-corrected chi connectivity index (χ0v) is 14.9. The van der Waals surface area contributed by atoms with Gasteiger partial charge in [0.05, 0.1) is 17.4 Å². The number of nitrogens with two attached hydrogens (primary N) is 1. The number of fused-ring (bicyclic) bond motifs is 1. The average Bonchev–Trinajstić information content (AvgIpc) is 3.32. The predicted molar refractivity (Wildman–Crippen MR) is 96.7 cm³/mol. The molecule has 1 atom stereocenters. The maximum Gasteiger partial charge on any atom is 0.341 e. The lowest BCUT2D eigenvalue weighted by atomic mass is 10.0. The molecule has 0 radical (unpaired) electrons. The number of pyridine rings is 2. The second kappa shape index (κ2) is 5.54. The molecule has 1 saturated carbocycles. The minimum absolute atomic E-state index is 0.221. The summed E-state index contributed by atoms with van der Waals surface area (Å²) in [5, 5.41) is 9.35. The van der Waals surface area contributed by atoms with Crippen LogP contribution >= 0.6 is 0 Å². The largest absolute Gasteiger partial charge is 0.477 e. The zero-order valence-electron chi connectivity index (χ0n) is 14.9. The van der Waals surface area contributed by atoms with Crippen LogP contribution in [0.1, 0.15) is 53.6 Å². The fraction of sp³-hybridized carbons (Fsp3) is 0.474. The van der Waals surface area contributed by atoms with Crippen molar-refractivity contribution in [1.82, 2.24) is 4.40 Å². The molecule has 4 rings (SSSR count). The third-order valence-corrected chi connectivity index (χ3v) is 5.51. The van der Waals surface area contributed by atoms with Crippen molar-refractivity contribution in [1.29, 1.82) is 0 Å². The third kappa shape index (κ3) is 2.58. The molecule has 2 aromatic rings. The number of hydrogen-bond donors (Lipinski definition) is 2. The molecule has 1 unspecified atom stereocenters. The van der Waals surface area contributed by atoms with Gasteiger partial charge in [-0.2, -0.15) is 0 Å². The van der Waals surface area contributed by atoms with Crippen molar-refractivity contribution >= 4 is 17.2 Å². The highest BCUT2D eigenvalue weighted by molar-refractivity contribution is 5.89. The minimum atomic E-state index is -1.29. The number of aromatic nitrogens is 1. The highest BCUT2D eigenvalue weighted by Gasteiger charge is 2.34. The number of carboxylic acids is 1. The molecule has 6 nitrogen and oxygen atoms in total. The van der Waals surface area contributed by atoms with E-state index in [1.54, 1.807) is 6.92 Å². The smallest absolute Gasteiger partial charge is 0.341 e. The van der Waals surface area contributed by atoms with Gasteiger partial charge in [-0.05, 0) is 56.2 Å². The second-order valence-corrected chi connectivity index (χ2v) is 7.89. The number of halogens is 1. The van der Waals surface area contributed by atoms with Crippen LogP contribution in [0.3, 0.4) is 0 Å². The van der Waals surface area contributed by atoms with Gasteiger partial charge in [0, 0.05) is 18.6 Å². The molecular formula is C19H22FN3O3. The molecule has 3 heterocycles. The Labute approximate surface area is 150 Å². The van der Waals surface area contributed by atoms with E-state index < -0.39 is 17.3 Å². The normalized spacial score (nSPS) is 23.0. The van der Waals surface area contributed by atoms with Crippen molar-refractivity contribution < 1.29 is 14.3 Å². The molecule has 0 bridgehead atoms. The maximum absolute atomic E-state index is 15.0. The van der Waals surface area contributed by atoms with Gasteiger partial charge in [0.1, 0.15) is 5.56 Å². The van der Waals surface area contributed by atoms with Crippen molar-refractivity contribution in [3.8, 4) is 0 Å². The van der Waals surface area contributed by atoms with E-state index in [4.69, 9.17) is 5.73 Å². The topological polar surface area (TPSA) is 88.0 Å². The van der Waals surface area contributed by atoms with Gasteiger partial charge < -0.3 is 15.7 Å². The highest BCUT2D eigenvalue weighted by atomic mass is 19.1. The lowest BCUT2D eigenvalue weighted by molar-refractivity contribution is 0.0694. The van der Waals surface area contributed by atoms with Crippen LogP contribution in [0.25, 0.3) is 5.52 Å². The summed E-state index contributed by atoms with van der Waals surface area (Å²) < 4.78 is 16.1.